The van der Waals surface area contributed by atoms with Crippen LogP contribution < -0.4 is 0 Å². The highest BCUT2D eigenvalue weighted by Gasteiger charge is 2.29. The van der Waals surface area contributed by atoms with Crippen LogP contribution in [0.2, 0.25) is 0 Å². The van der Waals surface area contributed by atoms with Gasteiger partial charge in [0.2, 0.25) is 5.60 Å². The third-order valence-electron chi connectivity index (χ3n) is 1.14. The fourth-order valence-corrected chi connectivity index (χ4v) is 0.358. The van der Waals surface area contributed by atoms with Gasteiger partial charge in [0.25, 0.3) is 0 Å². The Kier molecular flexibility index (Phi) is 4.23. The predicted molar refractivity (Wildman–Crippen MR) is 49.7 cm³/mol. The second kappa shape index (κ2) is 4.45. The minimum Gasteiger partial charge on any atom is -0.478 e. The monoisotopic (exact) mass is 237 g/mol. The van der Waals surface area contributed by atoms with E-state index in [4.69, 9.17) is 9.94 Å². The number of rotatable bonds is 4. The van der Waals surface area contributed by atoms with Crippen molar-refractivity contribution in [3.05, 3.63) is 0 Å². The zero-order valence-corrected chi connectivity index (χ0v) is 8.88. The lowest BCUT2D eigenvalue weighted by atomic mass is 10.1. The molecule has 0 bridgehead atoms. The fraction of sp³-hybridized carbons (Fsp3) is 0.714. The van der Waals surface area contributed by atoms with Crippen LogP contribution in [0.3, 0.4) is 0 Å². The van der Waals surface area contributed by atoms with Crippen LogP contribution in [-0.2, 0) is 9.63 Å². The van der Waals surface area contributed by atoms with E-state index in [0.717, 1.165) is 0 Å². The van der Waals surface area contributed by atoms with Crippen LogP contribution in [-0.4, -0.2) is 27.7 Å². The van der Waals surface area contributed by atoms with E-state index in [0.29, 0.717) is 11.0 Å². The highest BCUT2D eigenvalue weighted by atomic mass is 79.9. The topological polar surface area (TPSA) is 58.9 Å². The van der Waals surface area contributed by atoms with E-state index >= 15 is 0 Å². The molecule has 0 atom stereocenters. The SMILES string of the molecule is CC(CBr)=NOC(C)(C)C(=O)O. The molecule has 4 nitrogen and oxygen atoms in total. The van der Waals surface area contributed by atoms with Crippen LogP contribution in [0.15, 0.2) is 5.16 Å². The molecule has 0 radical (unpaired) electrons. The lowest BCUT2D eigenvalue weighted by molar-refractivity contribution is -0.161. The van der Waals surface area contributed by atoms with Crippen molar-refractivity contribution in [3.63, 3.8) is 0 Å². The average Bonchev–Trinajstić information content (AvgIpc) is 2.00. The zero-order valence-electron chi connectivity index (χ0n) is 7.30. The molecule has 0 unspecified atom stereocenters. The van der Waals surface area contributed by atoms with Gasteiger partial charge in [0, 0.05) is 5.33 Å². The van der Waals surface area contributed by atoms with E-state index in [-0.39, 0.29) is 0 Å². The summed E-state index contributed by atoms with van der Waals surface area (Å²) in [6.45, 7) is 4.63. The summed E-state index contributed by atoms with van der Waals surface area (Å²) in [7, 11) is 0. The maximum absolute atomic E-state index is 10.5. The molecule has 70 valence electrons. The van der Waals surface area contributed by atoms with Gasteiger partial charge in [0.15, 0.2) is 0 Å². The van der Waals surface area contributed by atoms with Gasteiger partial charge in [-0.25, -0.2) is 4.79 Å². The molecule has 0 saturated carbocycles. The first-order chi connectivity index (χ1) is 5.40. The summed E-state index contributed by atoms with van der Waals surface area (Å²) in [5.41, 5.74) is -0.562. The third-order valence-corrected chi connectivity index (χ3v) is 1.95. The lowest BCUT2D eigenvalue weighted by Gasteiger charge is -2.16. The van der Waals surface area contributed by atoms with Crippen molar-refractivity contribution in [1.29, 1.82) is 0 Å². The Labute approximate surface area is 79.7 Å². The Balaban J connectivity index is 4.17. The number of nitrogens with zero attached hydrogens (tertiary/aromatic N) is 1. The molecular weight excluding hydrogens is 226 g/mol. The Bertz CT molecular complexity index is 201. The first-order valence-corrected chi connectivity index (χ1v) is 4.53. The first kappa shape index (κ1) is 11.4. The number of alkyl halides is 1. The lowest BCUT2D eigenvalue weighted by Crippen LogP contribution is -2.33. The van der Waals surface area contributed by atoms with Gasteiger partial charge in [-0.05, 0) is 20.8 Å². The molecule has 0 aliphatic carbocycles. The van der Waals surface area contributed by atoms with Gasteiger partial charge < -0.3 is 9.94 Å². The van der Waals surface area contributed by atoms with Crippen LogP contribution in [0.25, 0.3) is 0 Å². The average molecular weight is 238 g/mol. The fourth-order valence-electron chi connectivity index (χ4n) is 0.255. The van der Waals surface area contributed by atoms with Crippen molar-refractivity contribution in [2.45, 2.75) is 26.4 Å². The summed E-state index contributed by atoms with van der Waals surface area (Å²) in [6.07, 6.45) is 0. The van der Waals surface area contributed by atoms with Gasteiger partial charge in [0.1, 0.15) is 0 Å². The van der Waals surface area contributed by atoms with Crippen LogP contribution >= 0.6 is 15.9 Å². The van der Waals surface area contributed by atoms with Crippen molar-refractivity contribution >= 4 is 27.6 Å². The maximum Gasteiger partial charge on any atom is 0.350 e. The molecule has 0 amide bonds. The van der Waals surface area contributed by atoms with Crippen molar-refractivity contribution in [2.24, 2.45) is 5.16 Å². The second-order valence-corrected chi connectivity index (χ2v) is 3.43. The Morgan fingerprint density at radius 3 is 2.50 bits per heavy atom. The predicted octanol–water partition coefficient (Wildman–Crippen LogP) is 1.64. The van der Waals surface area contributed by atoms with Gasteiger partial charge in [-0.1, -0.05) is 21.1 Å². The van der Waals surface area contributed by atoms with Crippen LogP contribution in [0.4, 0.5) is 0 Å². The van der Waals surface area contributed by atoms with Gasteiger partial charge in [-0.2, -0.15) is 0 Å². The molecule has 0 rings (SSSR count). The van der Waals surface area contributed by atoms with Crippen molar-refractivity contribution in [2.75, 3.05) is 5.33 Å². The van der Waals surface area contributed by atoms with Crippen LogP contribution in [0, 0.1) is 0 Å². The number of oxime groups is 1. The number of carboxylic acids is 1. The molecule has 5 heteroatoms. The van der Waals surface area contributed by atoms with E-state index in [9.17, 15) is 4.79 Å². The minimum atomic E-state index is -1.26. The van der Waals surface area contributed by atoms with E-state index in [2.05, 4.69) is 21.1 Å². The summed E-state index contributed by atoms with van der Waals surface area (Å²) < 4.78 is 0. The standard InChI is InChI=1S/C7H12BrNO3/c1-5(4-8)9-12-7(2,3)6(10)11/h4H2,1-3H3,(H,10,11). The summed E-state index contributed by atoms with van der Waals surface area (Å²) in [6, 6.07) is 0. The molecule has 0 aromatic carbocycles. The number of carbonyl (C=O) groups is 1. The number of aliphatic carboxylic acids is 1. The zero-order chi connectivity index (χ0) is 9.78. The van der Waals surface area contributed by atoms with Gasteiger partial charge >= 0.3 is 5.97 Å². The highest BCUT2D eigenvalue weighted by molar-refractivity contribution is 9.09. The molecule has 0 aromatic rings. The summed E-state index contributed by atoms with van der Waals surface area (Å²) in [4.78, 5) is 15.3. The van der Waals surface area contributed by atoms with Gasteiger partial charge in [-0.15, -0.1) is 0 Å². The van der Waals surface area contributed by atoms with Gasteiger partial charge in [0.05, 0.1) is 5.71 Å². The summed E-state index contributed by atoms with van der Waals surface area (Å²) >= 11 is 3.16. The van der Waals surface area contributed by atoms with Crippen LogP contribution in [0.5, 0.6) is 0 Å². The van der Waals surface area contributed by atoms with Crippen molar-refractivity contribution in [3.8, 4) is 0 Å². The van der Waals surface area contributed by atoms with E-state index in [1.807, 2.05) is 0 Å². The molecule has 0 fully saturated rings. The summed E-state index contributed by atoms with van der Waals surface area (Å²) in [5, 5.41) is 12.8. The molecule has 0 aromatic heterocycles. The molecule has 0 spiro atoms. The molecule has 0 aliphatic rings. The Hall–Kier alpha value is -0.580. The quantitative estimate of drug-likeness (QED) is 0.460. The largest absolute Gasteiger partial charge is 0.478 e. The summed E-state index contributed by atoms with van der Waals surface area (Å²) in [5.74, 6) is -1.03. The highest BCUT2D eigenvalue weighted by Crippen LogP contribution is 2.09. The molecule has 12 heavy (non-hydrogen) atoms. The maximum atomic E-state index is 10.5. The molecule has 0 saturated heterocycles. The second-order valence-electron chi connectivity index (χ2n) is 2.87. The van der Waals surface area contributed by atoms with Crippen LogP contribution in [0.1, 0.15) is 20.8 Å². The Morgan fingerprint density at radius 1 is 1.67 bits per heavy atom. The molecule has 0 heterocycles. The van der Waals surface area contributed by atoms with Crippen molar-refractivity contribution < 1.29 is 14.7 Å². The molecule has 0 aliphatic heterocycles. The number of hydrogen-bond donors (Lipinski definition) is 1. The Morgan fingerprint density at radius 2 is 2.17 bits per heavy atom. The molecular formula is C7H12BrNO3. The normalized spacial score (nSPS) is 12.8. The molecule has 1 N–H and O–H groups in total. The van der Waals surface area contributed by atoms with Crippen molar-refractivity contribution in [1.82, 2.24) is 0 Å². The van der Waals surface area contributed by atoms with E-state index in [1.54, 1.807) is 6.92 Å². The minimum absolute atomic E-state index is 0.572. The van der Waals surface area contributed by atoms with E-state index < -0.39 is 11.6 Å². The smallest absolute Gasteiger partial charge is 0.350 e. The first-order valence-electron chi connectivity index (χ1n) is 3.41. The van der Waals surface area contributed by atoms with Gasteiger partial charge in [-0.3, -0.25) is 0 Å². The number of halogens is 1. The third kappa shape index (κ3) is 3.71. The number of hydrogen-bond acceptors (Lipinski definition) is 3. The number of carboxylic acid groups (broad SMARTS) is 1. The van der Waals surface area contributed by atoms with E-state index in [1.165, 1.54) is 13.8 Å².